The van der Waals surface area contributed by atoms with Crippen LogP contribution in [-0.2, 0) is 20.7 Å². The van der Waals surface area contributed by atoms with Gasteiger partial charge in [0.1, 0.15) is 17.8 Å². The first-order chi connectivity index (χ1) is 12.4. The molecule has 0 spiro atoms. The summed E-state index contributed by atoms with van der Waals surface area (Å²) >= 11 is 0. The Morgan fingerprint density at radius 3 is 2.42 bits per heavy atom. The molecule has 0 fully saturated rings. The topological polar surface area (TPSA) is 113 Å². The molecule has 0 aliphatic rings. The average Bonchev–Trinajstić information content (AvgIpc) is 2.63. The third-order valence-corrected chi connectivity index (χ3v) is 3.71. The molecule has 142 valence electrons. The summed E-state index contributed by atoms with van der Waals surface area (Å²) in [7, 11) is 1.26. The molecule has 0 aliphatic carbocycles. The van der Waals surface area contributed by atoms with E-state index in [1.165, 1.54) is 7.11 Å². The van der Waals surface area contributed by atoms with Gasteiger partial charge in [0.2, 0.25) is 5.91 Å². The molecule has 0 saturated carbocycles. The molecule has 1 aromatic carbocycles. The Morgan fingerprint density at radius 2 is 1.92 bits per heavy atom. The summed E-state index contributed by atoms with van der Waals surface area (Å²) in [5, 5.41) is 6.13. The zero-order valence-electron chi connectivity index (χ0n) is 15.6. The molecule has 8 nitrogen and oxygen atoms in total. The maximum atomic E-state index is 12.4. The smallest absolute Gasteiger partial charge is 0.328 e. The van der Waals surface area contributed by atoms with Crippen LogP contribution < -0.4 is 10.1 Å². The van der Waals surface area contributed by atoms with Gasteiger partial charge in [-0.3, -0.25) is 4.79 Å². The number of benzene rings is 1. The molecule has 0 aromatic heterocycles. The lowest BCUT2D eigenvalue weighted by Gasteiger charge is -2.21. The summed E-state index contributed by atoms with van der Waals surface area (Å²) in [6.45, 7) is 6.19. The van der Waals surface area contributed by atoms with Crippen LogP contribution in [0.3, 0.4) is 0 Å². The van der Waals surface area contributed by atoms with E-state index in [-0.39, 0.29) is 12.3 Å². The molecule has 1 N–H and O–H groups in total. The number of nitrogens with zero attached hydrogens (tertiary/aromatic N) is 3. The number of rotatable bonds is 10. The molecular formula is C18H26N4O4. The molecule has 1 amide bonds. The van der Waals surface area contributed by atoms with E-state index < -0.39 is 24.0 Å². The zero-order valence-corrected chi connectivity index (χ0v) is 15.6. The second kappa shape index (κ2) is 11.0. The first kappa shape index (κ1) is 21.3. The number of hydrogen-bond donors (Lipinski definition) is 1. The van der Waals surface area contributed by atoms with Gasteiger partial charge >= 0.3 is 5.97 Å². The van der Waals surface area contributed by atoms with Crippen molar-refractivity contribution in [2.45, 2.75) is 45.7 Å². The van der Waals surface area contributed by atoms with E-state index in [0.29, 0.717) is 6.61 Å². The number of nitrogens with one attached hydrogen (secondary N) is 1. The molecule has 1 aromatic rings. The first-order valence-electron chi connectivity index (χ1n) is 8.57. The molecule has 0 bridgehead atoms. The predicted octanol–water partition coefficient (Wildman–Crippen LogP) is 3.01. The maximum Gasteiger partial charge on any atom is 0.328 e. The van der Waals surface area contributed by atoms with Crippen LogP contribution in [0.2, 0.25) is 0 Å². The number of azide groups is 1. The fourth-order valence-electron chi connectivity index (χ4n) is 2.31. The lowest BCUT2D eigenvalue weighted by molar-refractivity contribution is -0.145. The minimum absolute atomic E-state index is 0.195. The predicted molar refractivity (Wildman–Crippen MR) is 97.7 cm³/mol. The van der Waals surface area contributed by atoms with Gasteiger partial charge in [-0.1, -0.05) is 38.0 Å². The normalized spacial score (nSPS) is 12.7. The standard InChI is InChI=1S/C18H26N4O4/c1-5-10-26-14-8-6-13(7-9-14)11-15(18(24)25-4)20-17(23)16(12(2)3)21-22-19/h6-9,12,15-16H,5,10-11H2,1-4H3,(H,20,23)/t15-,16+/m0/s1. The Hall–Kier alpha value is -2.73. The lowest BCUT2D eigenvalue weighted by atomic mass is 10.0. The molecule has 26 heavy (non-hydrogen) atoms. The van der Waals surface area contributed by atoms with Crippen molar-refractivity contribution >= 4 is 11.9 Å². The van der Waals surface area contributed by atoms with Gasteiger partial charge in [-0.15, -0.1) is 0 Å². The van der Waals surface area contributed by atoms with Gasteiger partial charge in [-0.2, -0.15) is 0 Å². The van der Waals surface area contributed by atoms with E-state index in [9.17, 15) is 9.59 Å². The Kier molecular flexibility index (Phi) is 9.01. The van der Waals surface area contributed by atoms with E-state index in [0.717, 1.165) is 17.7 Å². The minimum Gasteiger partial charge on any atom is -0.494 e. The molecule has 0 saturated heterocycles. The molecule has 0 unspecified atom stereocenters. The van der Waals surface area contributed by atoms with Crippen LogP contribution in [0.4, 0.5) is 0 Å². The quantitative estimate of drug-likeness (QED) is 0.298. The summed E-state index contributed by atoms with van der Waals surface area (Å²) in [5.41, 5.74) is 9.46. The summed E-state index contributed by atoms with van der Waals surface area (Å²) in [5.74, 6) is -0.513. The number of amides is 1. The van der Waals surface area contributed by atoms with Crippen molar-refractivity contribution in [3.63, 3.8) is 0 Å². The largest absolute Gasteiger partial charge is 0.494 e. The monoisotopic (exact) mass is 362 g/mol. The van der Waals surface area contributed by atoms with Crippen molar-refractivity contribution in [3.8, 4) is 5.75 Å². The highest BCUT2D eigenvalue weighted by Gasteiger charge is 2.27. The third-order valence-electron chi connectivity index (χ3n) is 3.71. The van der Waals surface area contributed by atoms with Gasteiger partial charge in [-0.05, 0) is 35.6 Å². The molecule has 0 radical (unpaired) electrons. The Morgan fingerprint density at radius 1 is 1.27 bits per heavy atom. The molecule has 8 heteroatoms. The van der Waals surface area contributed by atoms with Gasteiger partial charge < -0.3 is 14.8 Å². The van der Waals surface area contributed by atoms with Crippen molar-refractivity contribution in [1.29, 1.82) is 0 Å². The fraction of sp³-hybridized carbons (Fsp3) is 0.556. The molecule has 0 aliphatic heterocycles. The average molecular weight is 362 g/mol. The molecule has 1 rings (SSSR count). The number of hydrogen-bond acceptors (Lipinski definition) is 5. The fourth-order valence-corrected chi connectivity index (χ4v) is 2.31. The maximum absolute atomic E-state index is 12.4. The van der Waals surface area contributed by atoms with Crippen molar-refractivity contribution < 1.29 is 19.1 Å². The van der Waals surface area contributed by atoms with E-state index >= 15 is 0 Å². The number of carbonyl (C=O) groups excluding carboxylic acids is 2. The van der Waals surface area contributed by atoms with Crippen molar-refractivity contribution in [1.82, 2.24) is 5.32 Å². The van der Waals surface area contributed by atoms with Gasteiger partial charge in [0.15, 0.2) is 0 Å². The second-order valence-electron chi connectivity index (χ2n) is 6.17. The highest BCUT2D eigenvalue weighted by atomic mass is 16.5. The number of esters is 1. The number of carbonyl (C=O) groups is 2. The summed E-state index contributed by atoms with van der Waals surface area (Å²) in [6, 6.07) is 5.54. The van der Waals surface area contributed by atoms with Crippen LogP contribution in [0.1, 0.15) is 32.8 Å². The summed E-state index contributed by atoms with van der Waals surface area (Å²) < 4.78 is 10.3. The SMILES string of the molecule is CCCOc1ccc(C[C@H](NC(=O)[C@H](N=[N+]=[N-])C(C)C)C(=O)OC)cc1. The molecule has 2 atom stereocenters. The lowest BCUT2D eigenvalue weighted by Crippen LogP contribution is -2.47. The number of ether oxygens (including phenoxy) is 2. The van der Waals surface area contributed by atoms with E-state index in [1.807, 2.05) is 31.2 Å². The zero-order chi connectivity index (χ0) is 19.5. The molecule has 0 heterocycles. The first-order valence-corrected chi connectivity index (χ1v) is 8.57. The van der Waals surface area contributed by atoms with Crippen LogP contribution in [0.15, 0.2) is 29.4 Å². The highest BCUT2D eigenvalue weighted by Crippen LogP contribution is 2.15. The molecular weight excluding hydrogens is 336 g/mol. The number of methoxy groups -OCH3 is 1. The van der Waals surface area contributed by atoms with Crippen LogP contribution in [0, 0.1) is 5.92 Å². The Bertz CT molecular complexity index is 639. The van der Waals surface area contributed by atoms with E-state index in [2.05, 4.69) is 15.3 Å². The van der Waals surface area contributed by atoms with Crippen LogP contribution in [-0.4, -0.2) is 37.7 Å². The third kappa shape index (κ3) is 6.64. The summed E-state index contributed by atoms with van der Waals surface area (Å²) in [6.07, 6.45) is 1.17. The van der Waals surface area contributed by atoms with Crippen molar-refractivity contribution in [2.75, 3.05) is 13.7 Å². The van der Waals surface area contributed by atoms with E-state index in [4.69, 9.17) is 15.0 Å². The Labute approximate surface area is 153 Å². The van der Waals surface area contributed by atoms with Gasteiger partial charge in [0, 0.05) is 11.3 Å². The highest BCUT2D eigenvalue weighted by molar-refractivity contribution is 5.88. The second-order valence-corrected chi connectivity index (χ2v) is 6.17. The Balaban J connectivity index is 2.85. The van der Waals surface area contributed by atoms with Crippen molar-refractivity contribution in [3.05, 3.63) is 40.3 Å². The summed E-state index contributed by atoms with van der Waals surface area (Å²) in [4.78, 5) is 27.1. The van der Waals surface area contributed by atoms with Crippen LogP contribution in [0.5, 0.6) is 5.75 Å². The van der Waals surface area contributed by atoms with Gasteiger partial charge in [-0.25, -0.2) is 4.79 Å². The van der Waals surface area contributed by atoms with Crippen molar-refractivity contribution in [2.24, 2.45) is 11.0 Å². The van der Waals surface area contributed by atoms with Crippen LogP contribution in [0.25, 0.3) is 10.4 Å². The van der Waals surface area contributed by atoms with Crippen LogP contribution >= 0.6 is 0 Å². The minimum atomic E-state index is -0.892. The van der Waals surface area contributed by atoms with Gasteiger partial charge in [0.25, 0.3) is 0 Å². The van der Waals surface area contributed by atoms with E-state index in [1.54, 1.807) is 13.8 Å². The van der Waals surface area contributed by atoms with Gasteiger partial charge in [0.05, 0.1) is 13.7 Å².